The van der Waals surface area contributed by atoms with E-state index < -0.39 is 10.8 Å². The second-order valence-corrected chi connectivity index (χ2v) is 6.27. The van der Waals surface area contributed by atoms with Gasteiger partial charge in [-0.2, -0.15) is 0 Å². The van der Waals surface area contributed by atoms with Gasteiger partial charge in [0.25, 0.3) is 0 Å². The highest BCUT2D eigenvalue weighted by Crippen LogP contribution is 2.13. The van der Waals surface area contributed by atoms with E-state index in [-0.39, 0.29) is 5.25 Å². The molecule has 0 spiro atoms. The summed E-state index contributed by atoms with van der Waals surface area (Å²) in [5.74, 6) is 0. The molecule has 0 aliphatic rings. The zero-order valence-electron chi connectivity index (χ0n) is 10.7. The van der Waals surface area contributed by atoms with Crippen LogP contribution < -0.4 is 5.32 Å². The van der Waals surface area contributed by atoms with Gasteiger partial charge in [0.05, 0.1) is 5.52 Å². The first-order chi connectivity index (χ1) is 8.66. The van der Waals surface area contributed by atoms with Gasteiger partial charge in [0.15, 0.2) is 0 Å². The zero-order valence-corrected chi connectivity index (χ0v) is 11.5. The Hall–Kier alpha value is -1.26. The molecule has 2 aromatic rings. The first kappa shape index (κ1) is 13.2. The number of fused-ring (bicyclic) bond motifs is 1. The molecule has 1 aromatic heterocycles. The smallest absolute Gasteiger partial charge is 0.0702 e. The topological polar surface area (TPSA) is 42.0 Å². The fourth-order valence-electron chi connectivity index (χ4n) is 1.77. The Bertz CT molecular complexity index is 556. The van der Waals surface area contributed by atoms with E-state index in [1.807, 2.05) is 19.1 Å². The Labute approximate surface area is 110 Å². The van der Waals surface area contributed by atoms with E-state index in [2.05, 4.69) is 28.5 Å². The van der Waals surface area contributed by atoms with Gasteiger partial charge in [-0.1, -0.05) is 12.1 Å². The fraction of sp³-hybridized carbons (Fsp3) is 0.357. The van der Waals surface area contributed by atoms with E-state index in [0.717, 1.165) is 24.0 Å². The van der Waals surface area contributed by atoms with Crippen LogP contribution in [0, 0.1) is 0 Å². The summed E-state index contributed by atoms with van der Waals surface area (Å²) in [7, 11) is -0.763. The van der Waals surface area contributed by atoms with Crippen molar-refractivity contribution in [3.05, 3.63) is 42.1 Å². The van der Waals surface area contributed by atoms with Gasteiger partial charge in [-0.3, -0.25) is 9.19 Å². The van der Waals surface area contributed by atoms with E-state index in [4.69, 9.17) is 0 Å². The first-order valence-corrected chi connectivity index (χ1v) is 7.65. The van der Waals surface area contributed by atoms with Gasteiger partial charge in [-0.25, -0.2) is 0 Å². The highest BCUT2D eigenvalue weighted by Gasteiger charge is 2.05. The van der Waals surface area contributed by atoms with E-state index in [1.165, 1.54) is 5.56 Å². The Kier molecular flexibility index (Phi) is 4.44. The lowest BCUT2D eigenvalue weighted by Crippen LogP contribution is -2.27. The minimum atomic E-state index is -0.763. The molecule has 0 fully saturated rings. The van der Waals surface area contributed by atoms with E-state index in [0.29, 0.717) is 0 Å². The van der Waals surface area contributed by atoms with Crippen molar-refractivity contribution in [2.45, 2.75) is 18.7 Å². The Morgan fingerprint density at radius 3 is 3.00 bits per heavy atom. The third-order valence-electron chi connectivity index (χ3n) is 2.99. The number of nitrogens with zero attached hydrogens (tertiary/aromatic N) is 1. The van der Waals surface area contributed by atoms with Crippen LogP contribution in [0.5, 0.6) is 0 Å². The quantitative estimate of drug-likeness (QED) is 0.897. The first-order valence-electron chi connectivity index (χ1n) is 6.03. The predicted molar refractivity (Wildman–Crippen MR) is 77.0 cm³/mol. The van der Waals surface area contributed by atoms with Crippen LogP contribution >= 0.6 is 0 Å². The number of hydrogen-bond donors (Lipinski definition) is 1. The zero-order chi connectivity index (χ0) is 13.0. The average Bonchev–Trinajstić information content (AvgIpc) is 2.38. The Balaban J connectivity index is 1.98. The summed E-state index contributed by atoms with van der Waals surface area (Å²) in [5.41, 5.74) is 2.24. The Morgan fingerprint density at radius 1 is 1.39 bits per heavy atom. The van der Waals surface area contributed by atoms with Crippen LogP contribution in [0.3, 0.4) is 0 Å². The predicted octanol–water partition coefficient (Wildman–Crippen LogP) is 2.09. The molecule has 3 nitrogen and oxygen atoms in total. The molecule has 4 heteroatoms. The SMILES string of the molecule is CC(CNCc1ccc2ncccc2c1)S(C)=O. The van der Waals surface area contributed by atoms with Crippen molar-refractivity contribution in [2.24, 2.45) is 0 Å². The van der Waals surface area contributed by atoms with Gasteiger partial charge in [0, 0.05) is 47.0 Å². The molecule has 0 saturated carbocycles. The molecule has 2 atom stereocenters. The molecule has 0 saturated heterocycles. The average molecular weight is 262 g/mol. The van der Waals surface area contributed by atoms with Crippen LogP contribution in [-0.2, 0) is 17.3 Å². The van der Waals surface area contributed by atoms with Gasteiger partial charge in [0.2, 0.25) is 0 Å². The molecule has 18 heavy (non-hydrogen) atoms. The van der Waals surface area contributed by atoms with Crippen LogP contribution in [0.15, 0.2) is 36.5 Å². The van der Waals surface area contributed by atoms with Crippen LogP contribution in [0.2, 0.25) is 0 Å². The molecule has 96 valence electrons. The number of pyridine rings is 1. The van der Waals surface area contributed by atoms with Gasteiger partial charge in [0.1, 0.15) is 0 Å². The largest absolute Gasteiger partial charge is 0.311 e. The minimum absolute atomic E-state index is 0.187. The molecular weight excluding hydrogens is 244 g/mol. The summed E-state index contributed by atoms with van der Waals surface area (Å²) in [6.45, 7) is 3.56. The summed E-state index contributed by atoms with van der Waals surface area (Å²) < 4.78 is 11.2. The van der Waals surface area contributed by atoms with Crippen LogP contribution in [0.25, 0.3) is 10.9 Å². The lowest BCUT2D eigenvalue weighted by Gasteiger charge is -2.10. The third kappa shape index (κ3) is 3.37. The number of aromatic nitrogens is 1. The van der Waals surface area contributed by atoms with Crippen LogP contribution in [0.1, 0.15) is 12.5 Å². The Morgan fingerprint density at radius 2 is 2.22 bits per heavy atom. The van der Waals surface area contributed by atoms with Crippen molar-refractivity contribution >= 4 is 21.7 Å². The molecule has 1 aromatic carbocycles. The number of nitrogens with one attached hydrogen (secondary N) is 1. The summed E-state index contributed by atoms with van der Waals surface area (Å²) in [6, 6.07) is 10.3. The third-order valence-corrected chi connectivity index (χ3v) is 4.29. The molecule has 2 rings (SSSR count). The molecule has 1 N–H and O–H groups in total. The van der Waals surface area contributed by atoms with E-state index in [9.17, 15) is 4.21 Å². The van der Waals surface area contributed by atoms with Gasteiger partial charge in [-0.15, -0.1) is 0 Å². The van der Waals surface area contributed by atoms with E-state index >= 15 is 0 Å². The number of benzene rings is 1. The summed E-state index contributed by atoms with van der Waals surface area (Å²) in [6.07, 6.45) is 3.55. The van der Waals surface area contributed by atoms with Gasteiger partial charge >= 0.3 is 0 Å². The van der Waals surface area contributed by atoms with Crippen molar-refractivity contribution < 1.29 is 4.21 Å². The normalized spacial score (nSPS) is 14.6. The highest BCUT2D eigenvalue weighted by atomic mass is 32.2. The standard InChI is InChI=1S/C14H18N2OS/c1-11(18(2)17)9-15-10-12-5-6-14-13(8-12)4-3-7-16-14/h3-8,11,15H,9-10H2,1-2H3. The molecular formula is C14H18N2OS. The number of rotatable bonds is 5. The second kappa shape index (κ2) is 6.07. The summed E-state index contributed by atoms with van der Waals surface area (Å²) >= 11 is 0. The van der Waals surface area contributed by atoms with Crippen LogP contribution in [0.4, 0.5) is 0 Å². The van der Waals surface area contributed by atoms with Crippen molar-refractivity contribution in [1.29, 1.82) is 0 Å². The molecule has 0 aliphatic heterocycles. The van der Waals surface area contributed by atoms with E-state index in [1.54, 1.807) is 12.5 Å². The molecule has 2 unspecified atom stereocenters. The van der Waals surface area contributed by atoms with Crippen molar-refractivity contribution in [2.75, 3.05) is 12.8 Å². The van der Waals surface area contributed by atoms with Crippen LogP contribution in [-0.4, -0.2) is 27.2 Å². The molecule has 1 heterocycles. The van der Waals surface area contributed by atoms with Crippen molar-refractivity contribution in [3.63, 3.8) is 0 Å². The summed E-state index contributed by atoms with van der Waals surface area (Å²) in [4.78, 5) is 4.29. The molecule has 0 radical (unpaired) electrons. The highest BCUT2D eigenvalue weighted by molar-refractivity contribution is 7.84. The maximum atomic E-state index is 11.2. The second-order valence-electron chi connectivity index (χ2n) is 4.47. The maximum Gasteiger partial charge on any atom is 0.0702 e. The fourth-order valence-corrected chi connectivity index (χ4v) is 2.12. The van der Waals surface area contributed by atoms with Gasteiger partial charge in [-0.05, 0) is 30.7 Å². The molecule has 0 bridgehead atoms. The van der Waals surface area contributed by atoms with Crippen molar-refractivity contribution in [1.82, 2.24) is 10.3 Å². The summed E-state index contributed by atoms with van der Waals surface area (Å²) in [5, 5.41) is 4.68. The lowest BCUT2D eigenvalue weighted by molar-refractivity contribution is 0.647. The molecule has 0 amide bonds. The van der Waals surface area contributed by atoms with Gasteiger partial charge < -0.3 is 5.32 Å². The lowest BCUT2D eigenvalue weighted by atomic mass is 10.1. The minimum Gasteiger partial charge on any atom is -0.311 e. The monoisotopic (exact) mass is 262 g/mol. The van der Waals surface area contributed by atoms with Crippen molar-refractivity contribution in [3.8, 4) is 0 Å². The number of hydrogen-bond acceptors (Lipinski definition) is 3. The molecule has 0 aliphatic carbocycles. The maximum absolute atomic E-state index is 11.2.